The Morgan fingerprint density at radius 1 is 1.10 bits per heavy atom. The summed E-state index contributed by atoms with van der Waals surface area (Å²) in [5, 5.41) is 17.8. The number of halogens is 1. The number of aliphatic hydroxyl groups excluding tert-OH is 1. The summed E-state index contributed by atoms with van der Waals surface area (Å²) in [4.78, 5) is 18.2. The molecule has 5 rings (SSSR count). The minimum Gasteiger partial charge on any atom is -0.369 e. The second-order valence-corrected chi connectivity index (χ2v) is 7.43. The predicted octanol–water partition coefficient (Wildman–Crippen LogP) is 3.77. The SMILES string of the molecule is O=C1CCCN1c1ccc(-c2cnc3ccc(NC(O)c4cccc(F)c4)nn23)cc1. The maximum Gasteiger partial charge on any atom is 0.227 e. The Kier molecular flexibility index (Phi) is 4.83. The van der Waals surface area contributed by atoms with Crippen LogP contribution in [0.5, 0.6) is 0 Å². The van der Waals surface area contributed by atoms with E-state index in [1.807, 2.05) is 24.3 Å². The van der Waals surface area contributed by atoms with Crippen LogP contribution in [0, 0.1) is 5.82 Å². The van der Waals surface area contributed by atoms with Crippen molar-refractivity contribution in [2.45, 2.75) is 19.1 Å². The molecule has 1 saturated heterocycles. The van der Waals surface area contributed by atoms with E-state index in [4.69, 9.17) is 0 Å². The first-order valence-electron chi connectivity index (χ1n) is 10.0. The second-order valence-electron chi connectivity index (χ2n) is 7.43. The van der Waals surface area contributed by atoms with Crippen LogP contribution in [0.2, 0.25) is 0 Å². The molecule has 1 amide bonds. The van der Waals surface area contributed by atoms with Gasteiger partial charge in [0.05, 0.1) is 11.9 Å². The number of aliphatic hydroxyl groups is 1. The first kappa shape index (κ1) is 19.2. The van der Waals surface area contributed by atoms with E-state index in [-0.39, 0.29) is 5.91 Å². The Bertz CT molecular complexity index is 1250. The number of benzene rings is 2. The molecule has 0 bridgehead atoms. The highest BCUT2D eigenvalue weighted by Crippen LogP contribution is 2.27. The summed E-state index contributed by atoms with van der Waals surface area (Å²) < 4.78 is 15.1. The highest BCUT2D eigenvalue weighted by Gasteiger charge is 2.21. The number of aromatic nitrogens is 3. The van der Waals surface area contributed by atoms with Crippen molar-refractivity contribution in [3.63, 3.8) is 0 Å². The molecule has 4 aromatic rings. The third-order valence-electron chi connectivity index (χ3n) is 5.36. The normalized spacial score (nSPS) is 14.9. The molecule has 2 aromatic heterocycles. The summed E-state index contributed by atoms with van der Waals surface area (Å²) in [7, 11) is 0. The molecule has 3 heterocycles. The molecule has 2 N–H and O–H groups in total. The third-order valence-corrected chi connectivity index (χ3v) is 5.36. The van der Waals surface area contributed by atoms with Gasteiger partial charge in [0.1, 0.15) is 11.6 Å². The Labute approximate surface area is 177 Å². The summed E-state index contributed by atoms with van der Waals surface area (Å²) in [5.41, 5.74) is 3.62. The van der Waals surface area contributed by atoms with Gasteiger partial charge in [0.15, 0.2) is 11.9 Å². The van der Waals surface area contributed by atoms with Crippen molar-refractivity contribution in [2.24, 2.45) is 0 Å². The molecular formula is C23H20FN5O2. The number of fused-ring (bicyclic) bond motifs is 1. The first-order chi connectivity index (χ1) is 15.1. The van der Waals surface area contributed by atoms with Gasteiger partial charge in [-0.05, 0) is 42.8 Å². The fourth-order valence-electron chi connectivity index (χ4n) is 3.78. The summed E-state index contributed by atoms with van der Waals surface area (Å²) in [6.07, 6.45) is 2.10. The fourth-order valence-corrected chi connectivity index (χ4v) is 3.78. The molecule has 8 heteroatoms. The largest absolute Gasteiger partial charge is 0.369 e. The van der Waals surface area contributed by atoms with Gasteiger partial charge in [-0.15, -0.1) is 5.10 Å². The van der Waals surface area contributed by atoms with Crippen molar-refractivity contribution in [2.75, 3.05) is 16.8 Å². The highest BCUT2D eigenvalue weighted by atomic mass is 19.1. The molecule has 1 fully saturated rings. The summed E-state index contributed by atoms with van der Waals surface area (Å²) in [6, 6.07) is 17.0. The zero-order valence-electron chi connectivity index (χ0n) is 16.6. The number of hydrogen-bond acceptors (Lipinski definition) is 5. The number of carbonyl (C=O) groups is 1. The maximum atomic E-state index is 13.4. The molecule has 156 valence electrons. The Morgan fingerprint density at radius 2 is 1.94 bits per heavy atom. The van der Waals surface area contributed by atoms with E-state index in [1.165, 1.54) is 12.1 Å². The van der Waals surface area contributed by atoms with Gasteiger partial charge in [0, 0.05) is 29.8 Å². The van der Waals surface area contributed by atoms with E-state index < -0.39 is 12.0 Å². The van der Waals surface area contributed by atoms with Crippen LogP contribution in [0.15, 0.2) is 66.9 Å². The van der Waals surface area contributed by atoms with Crippen LogP contribution in [0.25, 0.3) is 16.9 Å². The van der Waals surface area contributed by atoms with Gasteiger partial charge in [-0.2, -0.15) is 0 Å². The molecule has 7 nitrogen and oxygen atoms in total. The number of nitrogens with zero attached hydrogens (tertiary/aromatic N) is 4. The lowest BCUT2D eigenvalue weighted by atomic mass is 10.1. The zero-order chi connectivity index (χ0) is 21.4. The quantitative estimate of drug-likeness (QED) is 0.483. The maximum absolute atomic E-state index is 13.4. The molecule has 0 radical (unpaired) electrons. The topological polar surface area (TPSA) is 82.8 Å². The lowest BCUT2D eigenvalue weighted by Gasteiger charge is -2.16. The van der Waals surface area contributed by atoms with Crippen molar-refractivity contribution in [3.05, 3.63) is 78.2 Å². The van der Waals surface area contributed by atoms with Gasteiger partial charge in [0.25, 0.3) is 0 Å². The van der Waals surface area contributed by atoms with E-state index in [2.05, 4.69) is 15.4 Å². The average Bonchev–Trinajstić information content (AvgIpc) is 3.40. The summed E-state index contributed by atoms with van der Waals surface area (Å²) in [5.74, 6) is 0.150. The van der Waals surface area contributed by atoms with Crippen molar-refractivity contribution in [3.8, 4) is 11.3 Å². The number of imidazole rings is 1. The number of nitrogens with one attached hydrogen (secondary N) is 1. The van der Waals surface area contributed by atoms with Gasteiger partial charge in [-0.1, -0.05) is 24.3 Å². The van der Waals surface area contributed by atoms with Crippen molar-refractivity contribution in [1.82, 2.24) is 14.6 Å². The number of carbonyl (C=O) groups excluding carboxylic acids is 1. The van der Waals surface area contributed by atoms with E-state index in [9.17, 15) is 14.3 Å². The molecule has 1 atom stereocenters. The molecule has 1 unspecified atom stereocenters. The molecule has 0 saturated carbocycles. The minimum absolute atomic E-state index is 0.150. The van der Waals surface area contributed by atoms with Crippen LogP contribution in [0.3, 0.4) is 0 Å². The van der Waals surface area contributed by atoms with Gasteiger partial charge in [0.2, 0.25) is 5.91 Å². The number of rotatable bonds is 5. The number of hydrogen-bond donors (Lipinski definition) is 2. The Balaban J connectivity index is 1.42. The van der Waals surface area contributed by atoms with Crippen LogP contribution in [0.1, 0.15) is 24.6 Å². The monoisotopic (exact) mass is 417 g/mol. The van der Waals surface area contributed by atoms with E-state index in [0.29, 0.717) is 23.4 Å². The fraction of sp³-hybridized carbons (Fsp3) is 0.174. The van der Waals surface area contributed by atoms with E-state index in [0.717, 1.165) is 29.9 Å². The summed E-state index contributed by atoms with van der Waals surface area (Å²) >= 11 is 0. The summed E-state index contributed by atoms with van der Waals surface area (Å²) in [6.45, 7) is 0.748. The van der Waals surface area contributed by atoms with Crippen LogP contribution in [-0.4, -0.2) is 32.2 Å². The van der Waals surface area contributed by atoms with Gasteiger partial charge in [-0.25, -0.2) is 13.9 Å². The number of anilines is 2. The second kappa shape index (κ2) is 7.81. The molecule has 1 aliphatic rings. The van der Waals surface area contributed by atoms with E-state index in [1.54, 1.807) is 39.9 Å². The zero-order valence-corrected chi connectivity index (χ0v) is 16.6. The molecule has 0 aliphatic carbocycles. The van der Waals surface area contributed by atoms with Crippen molar-refractivity contribution in [1.29, 1.82) is 0 Å². The molecule has 31 heavy (non-hydrogen) atoms. The van der Waals surface area contributed by atoms with Crippen LogP contribution < -0.4 is 10.2 Å². The van der Waals surface area contributed by atoms with Crippen molar-refractivity contribution >= 4 is 23.1 Å². The average molecular weight is 417 g/mol. The van der Waals surface area contributed by atoms with Crippen LogP contribution >= 0.6 is 0 Å². The predicted molar refractivity (Wildman–Crippen MR) is 115 cm³/mol. The highest BCUT2D eigenvalue weighted by molar-refractivity contribution is 5.95. The van der Waals surface area contributed by atoms with Crippen molar-refractivity contribution < 1.29 is 14.3 Å². The number of amides is 1. The Morgan fingerprint density at radius 3 is 2.68 bits per heavy atom. The Hall–Kier alpha value is -3.78. The standard InChI is InChI=1S/C23H20FN5O2/c24-17-4-1-3-16(13-17)23(31)26-20-10-11-21-25-14-19(29(21)27-20)15-6-8-18(9-7-15)28-12-2-5-22(28)30/h1,3-4,6-11,13-14,23,31H,2,5,12H2,(H,26,27). The lowest BCUT2D eigenvalue weighted by molar-refractivity contribution is -0.117. The molecule has 2 aromatic carbocycles. The third kappa shape index (κ3) is 3.73. The molecule has 0 spiro atoms. The van der Waals surface area contributed by atoms with Crippen LogP contribution in [-0.2, 0) is 4.79 Å². The van der Waals surface area contributed by atoms with Crippen LogP contribution in [0.4, 0.5) is 15.9 Å². The molecular weight excluding hydrogens is 397 g/mol. The van der Waals surface area contributed by atoms with E-state index >= 15 is 0 Å². The van der Waals surface area contributed by atoms with Gasteiger partial charge >= 0.3 is 0 Å². The molecule has 1 aliphatic heterocycles. The smallest absolute Gasteiger partial charge is 0.227 e. The van der Waals surface area contributed by atoms with Gasteiger partial charge < -0.3 is 15.3 Å². The van der Waals surface area contributed by atoms with Gasteiger partial charge in [-0.3, -0.25) is 4.79 Å². The lowest BCUT2D eigenvalue weighted by Crippen LogP contribution is -2.23. The minimum atomic E-state index is -1.11. The first-order valence-corrected chi connectivity index (χ1v) is 10.0.